The van der Waals surface area contributed by atoms with Gasteiger partial charge < -0.3 is 4.90 Å². The van der Waals surface area contributed by atoms with Crippen molar-refractivity contribution in [3.63, 3.8) is 0 Å². The maximum Gasteiger partial charge on any atom is 0.0645 e. The van der Waals surface area contributed by atoms with Crippen molar-refractivity contribution in [1.82, 2.24) is 0 Å². The Labute approximate surface area is 368 Å². The Kier molecular flexibility index (Phi) is 7.29. The van der Waals surface area contributed by atoms with Gasteiger partial charge in [-0.05, 0) is 136 Å². The van der Waals surface area contributed by atoms with Gasteiger partial charge in [0.1, 0.15) is 0 Å². The monoisotopic (exact) mass is 783 g/mol. The highest BCUT2D eigenvalue weighted by molar-refractivity contribution is 6.04. The number of anilines is 3. The molecule has 0 amide bonds. The van der Waals surface area contributed by atoms with Crippen LogP contribution < -0.4 is 4.90 Å². The molecule has 1 nitrogen and oxygen atoms in total. The zero-order chi connectivity index (χ0) is 47.5. The molecule has 0 aromatic heterocycles. The van der Waals surface area contributed by atoms with Gasteiger partial charge in [-0.3, -0.25) is 0 Å². The van der Waals surface area contributed by atoms with E-state index < -0.39 is 24.2 Å². The standard InChI is InChI=1S/C60H41N/c1-2-12-48(13-3-1)59-39-32-49-14-8-9-17-58(49)60(59)50-30-37-57(38-31-50)61(56-35-28-47(29-36-56)54-25-23-43-11-5-7-16-52(43)41-54)55-33-26-45(27-34-55)44-18-20-46(21-19-44)53-24-22-42-10-4-6-15-51(42)40-53/h1-41H/i26D,27D,30D,31D,33D,34D,37D,38D. The van der Waals surface area contributed by atoms with Crippen molar-refractivity contribution in [3.8, 4) is 55.6 Å². The van der Waals surface area contributed by atoms with Crippen LogP contribution in [0.2, 0.25) is 0 Å². The van der Waals surface area contributed by atoms with E-state index in [-0.39, 0.29) is 46.7 Å². The van der Waals surface area contributed by atoms with Crippen molar-refractivity contribution < 1.29 is 11.0 Å². The van der Waals surface area contributed by atoms with Gasteiger partial charge in [0.05, 0.1) is 11.0 Å². The molecule has 0 fully saturated rings. The first-order valence-electron chi connectivity index (χ1n) is 24.3. The minimum absolute atomic E-state index is 0.102. The number of hydrogen-bond donors (Lipinski definition) is 0. The summed E-state index contributed by atoms with van der Waals surface area (Å²) in [5.41, 5.74) is 6.51. The molecule has 0 radical (unpaired) electrons. The van der Waals surface area contributed by atoms with Gasteiger partial charge in [-0.2, -0.15) is 0 Å². The normalized spacial score (nSPS) is 13.1. The molecule has 61 heavy (non-hydrogen) atoms. The maximum atomic E-state index is 9.80. The molecule has 0 bridgehead atoms. The Morgan fingerprint density at radius 2 is 0.689 bits per heavy atom. The van der Waals surface area contributed by atoms with Crippen LogP contribution in [0, 0.1) is 0 Å². The van der Waals surface area contributed by atoms with Crippen LogP contribution in [-0.2, 0) is 0 Å². The molecule has 1 heteroatoms. The lowest BCUT2D eigenvalue weighted by Crippen LogP contribution is -2.09. The highest BCUT2D eigenvalue weighted by Crippen LogP contribution is 2.42. The van der Waals surface area contributed by atoms with Gasteiger partial charge in [-0.1, -0.05) is 200 Å². The predicted octanol–water partition coefficient (Wildman–Crippen LogP) is 17.0. The molecule has 0 aliphatic carbocycles. The Morgan fingerprint density at radius 3 is 1.26 bits per heavy atom. The minimum atomic E-state index is -0.401. The van der Waals surface area contributed by atoms with Crippen molar-refractivity contribution in [3.05, 3.63) is 249 Å². The van der Waals surface area contributed by atoms with E-state index >= 15 is 0 Å². The maximum absolute atomic E-state index is 9.80. The second-order valence-electron chi connectivity index (χ2n) is 15.1. The van der Waals surface area contributed by atoms with E-state index in [0.29, 0.717) is 16.8 Å². The highest BCUT2D eigenvalue weighted by Gasteiger charge is 2.16. The van der Waals surface area contributed by atoms with E-state index in [0.717, 1.165) is 65.7 Å². The Morgan fingerprint density at radius 1 is 0.262 bits per heavy atom. The summed E-state index contributed by atoms with van der Waals surface area (Å²) in [6, 6.07) is 61.7. The first-order chi connectivity index (χ1) is 33.6. The molecular formula is C60H41N. The molecule has 0 heterocycles. The van der Waals surface area contributed by atoms with Gasteiger partial charge in [0.2, 0.25) is 0 Å². The number of benzene rings is 11. The molecule has 0 spiro atoms. The lowest BCUT2D eigenvalue weighted by Gasteiger charge is -2.26. The van der Waals surface area contributed by atoms with Crippen molar-refractivity contribution in [2.24, 2.45) is 0 Å². The van der Waals surface area contributed by atoms with E-state index in [4.69, 9.17) is 0 Å². The topological polar surface area (TPSA) is 3.24 Å². The fraction of sp³-hybridized carbons (Fsp3) is 0. The summed E-state index contributed by atoms with van der Waals surface area (Å²) in [6.45, 7) is 0. The van der Waals surface area contributed by atoms with Crippen LogP contribution in [0.25, 0.3) is 88.0 Å². The molecule has 11 aromatic carbocycles. The zero-order valence-corrected chi connectivity index (χ0v) is 33.0. The van der Waals surface area contributed by atoms with Crippen molar-refractivity contribution in [1.29, 1.82) is 0 Å². The summed E-state index contributed by atoms with van der Waals surface area (Å²) in [5, 5.41) is 6.02. The minimum Gasteiger partial charge on any atom is -0.311 e. The van der Waals surface area contributed by atoms with E-state index in [1.54, 1.807) is 24.3 Å². The summed E-state index contributed by atoms with van der Waals surface area (Å²) in [4.78, 5) is 1.36. The number of fused-ring (bicyclic) bond motifs is 3. The molecule has 0 unspecified atom stereocenters. The number of nitrogens with zero attached hydrogens (tertiary/aromatic N) is 1. The Hall–Kier alpha value is -8.00. The highest BCUT2D eigenvalue weighted by atomic mass is 15.1. The van der Waals surface area contributed by atoms with Gasteiger partial charge in [0.25, 0.3) is 0 Å². The SMILES string of the molecule is [2H]c1c([2H])c(N(c2ccc(-c3ccc4ccccc4c3)cc2)c2c([2H])c([2H])c(-c3c(-c4ccccc4)ccc4ccccc34)c([2H])c2[2H])c([2H])c([2H])c1-c1ccc(-c2ccc3ccccc3c2)cc1. The second kappa shape index (κ2) is 15.6. The first-order valence-corrected chi connectivity index (χ1v) is 20.3. The van der Waals surface area contributed by atoms with Crippen molar-refractivity contribution in [2.75, 3.05) is 4.90 Å². The molecule has 286 valence electrons. The molecule has 0 N–H and O–H groups in total. The van der Waals surface area contributed by atoms with Crippen LogP contribution in [0.5, 0.6) is 0 Å². The Balaban J connectivity index is 1.09. The van der Waals surface area contributed by atoms with Crippen LogP contribution in [-0.4, -0.2) is 0 Å². The van der Waals surface area contributed by atoms with E-state index in [9.17, 15) is 11.0 Å². The third-order valence-corrected chi connectivity index (χ3v) is 11.4. The lowest BCUT2D eigenvalue weighted by atomic mass is 9.89. The number of rotatable bonds is 8. The van der Waals surface area contributed by atoms with E-state index in [1.165, 1.54) is 4.90 Å². The predicted molar refractivity (Wildman–Crippen MR) is 261 cm³/mol. The Bertz CT molecular complexity index is 3760. The van der Waals surface area contributed by atoms with Gasteiger partial charge in [-0.15, -0.1) is 0 Å². The fourth-order valence-corrected chi connectivity index (χ4v) is 8.24. The van der Waals surface area contributed by atoms with Gasteiger partial charge in [-0.25, -0.2) is 0 Å². The first kappa shape index (κ1) is 28.4. The molecule has 0 aliphatic heterocycles. The third-order valence-electron chi connectivity index (χ3n) is 11.4. The average molecular weight is 784 g/mol. The molecular weight excluding hydrogens is 735 g/mol. The summed E-state index contributed by atoms with van der Waals surface area (Å²) < 4.78 is 77.4. The molecule has 11 rings (SSSR count). The van der Waals surface area contributed by atoms with Crippen LogP contribution >= 0.6 is 0 Å². The summed E-state index contributed by atoms with van der Waals surface area (Å²) in [6.07, 6.45) is 0. The third kappa shape index (κ3) is 7.03. The summed E-state index contributed by atoms with van der Waals surface area (Å²) in [5.74, 6) is 0. The quantitative estimate of drug-likeness (QED) is 0.148. The largest absolute Gasteiger partial charge is 0.311 e. The molecule has 0 atom stereocenters. The smallest absolute Gasteiger partial charge is 0.0645 e. The van der Waals surface area contributed by atoms with Crippen LogP contribution in [0.15, 0.2) is 249 Å². The zero-order valence-electron chi connectivity index (χ0n) is 41.0. The van der Waals surface area contributed by atoms with Gasteiger partial charge in [0, 0.05) is 17.1 Å². The molecule has 0 saturated carbocycles. The average Bonchev–Trinajstić information content (AvgIpc) is 3.39. The summed E-state index contributed by atoms with van der Waals surface area (Å²) >= 11 is 0. The van der Waals surface area contributed by atoms with Crippen LogP contribution in [0.1, 0.15) is 11.0 Å². The van der Waals surface area contributed by atoms with Crippen LogP contribution in [0.3, 0.4) is 0 Å². The molecule has 0 aliphatic rings. The lowest BCUT2D eigenvalue weighted by molar-refractivity contribution is 1.28. The fourth-order valence-electron chi connectivity index (χ4n) is 8.24. The number of hydrogen-bond acceptors (Lipinski definition) is 1. The van der Waals surface area contributed by atoms with Gasteiger partial charge in [0.15, 0.2) is 0 Å². The van der Waals surface area contributed by atoms with E-state index in [2.05, 4.69) is 42.5 Å². The van der Waals surface area contributed by atoms with Gasteiger partial charge >= 0.3 is 0 Å². The summed E-state index contributed by atoms with van der Waals surface area (Å²) in [7, 11) is 0. The molecule has 0 saturated heterocycles. The molecule has 11 aromatic rings. The van der Waals surface area contributed by atoms with Crippen molar-refractivity contribution >= 4 is 49.4 Å². The van der Waals surface area contributed by atoms with E-state index in [1.807, 2.05) is 133 Å². The second-order valence-corrected chi connectivity index (χ2v) is 15.1. The van der Waals surface area contributed by atoms with Crippen LogP contribution in [0.4, 0.5) is 17.1 Å². The van der Waals surface area contributed by atoms with Crippen molar-refractivity contribution in [2.45, 2.75) is 0 Å².